The molecule has 0 saturated heterocycles. The first-order valence-electron chi connectivity index (χ1n) is 8.31. The third kappa shape index (κ3) is 3.26. The molecule has 0 amide bonds. The van der Waals surface area contributed by atoms with Gasteiger partial charge in [-0.15, -0.1) is 0 Å². The fourth-order valence-electron chi connectivity index (χ4n) is 3.70. The van der Waals surface area contributed by atoms with Crippen LogP contribution in [0.15, 0.2) is 30.3 Å². The fraction of sp³-hybridized carbons (Fsp3) is 0.526. The molecule has 1 aliphatic rings. The molecule has 2 nitrogen and oxygen atoms in total. The molecular formula is C19H26N2. The van der Waals surface area contributed by atoms with E-state index in [-0.39, 0.29) is 0 Å². The fourth-order valence-corrected chi connectivity index (χ4v) is 3.70. The second-order valence-corrected chi connectivity index (χ2v) is 6.46. The zero-order valence-electron chi connectivity index (χ0n) is 13.2. The van der Waals surface area contributed by atoms with Crippen LogP contribution in [-0.4, -0.2) is 12.0 Å². The predicted octanol–water partition coefficient (Wildman–Crippen LogP) is 4.77. The van der Waals surface area contributed by atoms with Gasteiger partial charge in [-0.1, -0.05) is 50.3 Å². The van der Waals surface area contributed by atoms with E-state index in [1.54, 1.807) is 0 Å². The van der Waals surface area contributed by atoms with E-state index in [0.717, 1.165) is 11.4 Å². The van der Waals surface area contributed by atoms with Gasteiger partial charge >= 0.3 is 0 Å². The molecule has 21 heavy (non-hydrogen) atoms. The molecule has 2 aromatic rings. The minimum atomic E-state index is 0.386. The van der Waals surface area contributed by atoms with Gasteiger partial charge in [0.05, 0.1) is 11.2 Å². The first kappa shape index (κ1) is 14.5. The number of nitrogens with one attached hydrogen (secondary N) is 1. The zero-order chi connectivity index (χ0) is 14.7. The molecule has 0 spiro atoms. The summed E-state index contributed by atoms with van der Waals surface area (Å²) in [6, 6.07) is 11.1. The maximum absolute atomic E-state index is 4.91. The van der Waals surface area contributed by atoms with Gasteiger partial charge in [0, 0.05) is 11.4 Å². The quantitative estimate of drug-likeness (QED) is 0.873. The molecule has 1 N–H and O–H groups in total. The first-order valence-corrected chi connectivity index (χ1v) is 8.31. The van der Waals surface area contributed by atoms with E-state index in [1.165, 1.54) is 55.2 Å². The summed E-state index contributed by atoms with van der Waals surface area (Å²) in [6.45, 7) is 2.20. The van der Waals surface area contributed by atoms with Crippen molar-refractivity contribution < 1.29 is 0 Å². The SMILES string of the molecule is CNC(CC1CCCCC1)c1cc(C)c2ccccc2n1. The number of para-hydroxylation sites is 1. The zero-order valence-corrected chi connectivity index (χ0v) is 13.2. The molecule has 1 aromatic heterocycles. The van der Waals surface area contributed by atoms with E-state index in [4.69, 9.17) is 4.98 Å². The van der Waals surface area contributed by atoms with Crippen LogP contribution in [0.3, 0.4) is 0 Å². The highest BCUT2D eigenvalue weighted by Gasteiger charge is 2.20. The van der Waals surface area contributed by atoms with Gasteiger partial charge in [-0.05, 0) is 44.0 Å². The van der Waals surface area contributed by atoms with Crippen LogP contribution in [0.5, 0.6) is 0 Å². The van der Waals surface area contributed by atoms with Crippen LogP contribution < -0.4 is 5.32 Å². The van der Waals surface area contributed by atoms with Crippen molar-refractivity contribution in [1.29, 1.82) is 0 Å². The summed E-state index contributed by atoms with van der Waals surface area (Å²) in [5.74, 6) is 0.866. The molecule has 1 aliphatic carbocycles. The van der Waals surface area contributed by atoms with Gasteiger partial charge in [0.25, 0.3) is 0 Å². The van der Waals surface area contributed by atoms with Gasteiger partial charge in [0.2, 0.25) is 0 Å². The molecular weight excluding hydrogens is 256 g/mol. The van der Waals surface area contributed by atoms with Crippen molar-refractivity contribution in [3.05, 3.63) is 41.6 Å². The van der Waals surface area contributed by atoms with Crippen molar-refractivity contribution in [2.45, 2.75) is 51.5 Å². The number of nitrogens with zero attached hydrogens (tertiary/aromatic N) is 1. The monoisotopic (exact) mass is 282 g/mol. The Morgan fingerprint density at radius 3 is 2.71 bits per heavy atom. The number of fused-ring (bicyclic) bond motifs is 1. The van der Waals surface area contributed by atoms with E-state index in [1.807, 2.05) is 0 Å². The van der Waals surface area contributed by atoms with Gasteiger partial charge < -0.3 is 5.32 Å². The topological polar surface area (TPSA) is 24.9 Å². The molecule has 1 heterocycles. The Balaban J connectivity index is 1.85. The normalized spacial score (nSPS) is 18.0. The van der Waals surface area contributed by atoms with E-state index < -0.39 is 0 Å². The van der Waals surface area contributed by atoms with Gasteiger partial charge in [0.15, 0.2) is 0 Å². The average Bonchev–Trinajstić information content (AvgIpc) is 2.53. The summed E-state index contributed by atoms with van der Waals surface area (Å²) >= 11 is 0. The number of benzene rings is 1. The Bertz CT molecular complexity index is 600. The summed E-state index contributed by atoms with van der Waals surface area (Å²) < 4.78 is 0. The van der Waals surface area contributed by atoms with Crippen molar-refractivity contribution >= 4 is 10.9 Å². The number of rotatable bonds is 4. The standard InChI is InChI=1S/C19H26N2/c1-14-12-19(21-17-11-7-6-10-16(14)17)18(20-2)13-15-8-4-3-5-9-15/h6-7,10-12,15,18,20H,3-5,8-9,13H2,1-2H3. The number of hydrogen-bond donors (Lipinski definition) is 1. The molecule has 0 bridgehead atoms. The third-order valence-corrected chi connectivity index (χ3v) is 4.94. The summed E-state index contributed by atoms with van der Waals surface area (Å²) in [7, 11) is 2.07. The smallest absolute Gasteiger partial charge is 0.0708 e. The molecule has 1 aromatic carbocycles. The van der Waals surface area contributed by atoms with Crippen LogP contribution in [0.2, 0.25) is 0 Å². The van der Waals surface area contributed by atoms with Gasteiger partial charge in [0.1, 0.15) is 0 Å². The van der Waals surface area contributed by atoms with E-state index >= 15 is 0 Å². The highest BCUT2D eigenvalue weighted by atomic mass is 14.9. The van der Waals surface area contributed by atoms with Crippen molar-refractivity contribution in [2.24, 2.45) is 5.92 Å². The van der Waals surface area contributed by atoms with E-state index in [2.05, 4.69) is 49.6 Å². The molecule has 0 aliphatic heterocycles. The van der Waals surface area contributed by atoms with Crippen LogP contribution in [0.4, 0.5) is 0 Å². The van der Waals surface area contributed by atoms with Crippen LogP contribution >= 0.6 is 0 Å². The minimum absolute atomic E-state index is 0.386. The summed E-state index contributed by atoms with van der Waals surface area (Å²) in [5, 5.41) is 4.77. The summed E-state index contributed by atoms with van der Waals surface area (Å²) in [6.07, 6.45) is 8.25. The van der Waals surface area contributed by atoms with Gasteiger partial charge in [-0.2, -0.15) is 0 Å². The second-order valence-electron chi connectivity index (χ2n) is 6.46. The maximum Gasteiger partial charge on any atom is 0.0708 e. The summed E-state index contributed by atoms with van der Waals surface area (Å²) in [5.41, 5.74) is 3.66. The maximum atomic E-state index is 4.91. The Morgan fingerprint density at radius 2 is 1.95 bits per heavy atom. The Kier molecular flexibility index (Phi) is 4.54. The van der Waals surface area contributed by atoms with E-state index in [9.17, 15) is 0 Å². The van der Waals surface area contributed by atoms with E-state index in [0.29, 0.717) is 6.04 Å². The third-order valence-electron chi connectivity index (χ3n) is 4.94. The molecule has 112 valence electrons. The first-order chi connectivity index (χ1) is 10.3. The predicted molar refractivity (Wildman–Crippen MR) is 89.5 cm³/mol. The minimum Gasteiger partial charge on any atom is -0.312 e. The lowest BCUT2D eigenvalue weighted by Gasteiger charge is -2.26. The second kappa shape index (κ2) is 6.57. The van der Waals surface area contributed by atoms with Crippen molar-refractivity contribution in [2.75, 3.05) is 7.05 Å². The number of aromatic nitrogens is 1. The number of pyridine rings is 1. The molecule has 1 saturated carbocycles. The van der Waals surface area contributed by atoms with Crippen LogP contribution in [0, 0.1) is 12.8 Å². The lowest BCUT2D eigenvalue weighted by molar-refractivity contribution is 0.304. The summed E-state index contributed by atoms with van der Waals surface area (Å²) in [4.78, 5) is 4.91. The van der Waals surface area contributed by atoms with Crippen molar-refractivity contribution in [3.8, 4) is 0 Å². The Labute approximate surface area is 128 Å². The largest absolute Gasteiger partial charge is 0.312 e. The Hall–Kier alpha value is -1.41. The molecule has 0 radical (unpaired) electrons. The van der Waals surface area contributed by atoms with Crippen LogP contribution in [0.1, 0.15) is 55.8 Å². The molecule has 1 fully saturated rings. The van der Waals surface area contributed by atoms with Crippen molar-refractivity contribution in [1.82, 2.24) is 10.3 Å². The van der Waals surface area contributed by atoms with Crippen molar-refractivity contribution in [3.63, 3.8) is 0 Å². The number of hydrogen-bond acceptors (Lipinski definition) is 2. The lowest BCUT2D eigenvalue weighted by Crippen LogP contribution is -2.22. The van der Waals surface area contributed by atoms with Gasteiger partial charge in [-0.3, -0.25) is 4.98 Å². The van der Waals surface area contributed by atoms with Crippen LogP contribution in [-0.2, 0) is 0 Å². The highest BCUT2D eigenvalue weighted by Crippen LogP contribution is 2.32. The number of aryl methyl sites for hydroxylation is 1. The van der Waals surface area contributed by atoms with Crippen LogP contribution in [0.25, 0.3) is 10.9 Å². The lowest BCUT2D eigenvalue weighted by atomic mass is 9.84. The van der Waals surface area contributed by atoms with Gasteiger partial charge in [-0.25, -0.2) is 0 Å². The molecule has 1 unspecified atom stereocenters. The highest BCUT2D eigenvalue weighted by molar-refractivity contribution is 5.82. The molecule has 2 heteroatoms. The molecule has 3 rings (SSSR count). The average molecular weight is 282 g/mol. The Morgan fingerprint density at radius 1 is 1.19 bits per heavy atom. The molecule has 1 atom stereocenters.